The van der Waals surface area contributed by atoms with Crippen molar-refractivity contribution in [1.82, 2.24) is 5.32 Å². The summed E-state index contributed by atoms with van der Waals surface area (Å²) < 4.78 is 0. The molecule has 118 valence electrons. The molecule has 1 aromatic carbocycles. The number of aryl methyl sites for hydroxylation is 1. The Hall–Kier alpha value is -0.820. The second-order valence-electron chi connectivity index (χ2n) is 7.63. The van der Waals surface area contributed by atoms with Crippen molar-refractivity contribution in [3.05, 3.63) is 34.9 Å². The highest BCUT2D eigenvalue weighted by Crippen LogP contribution is 2.41. The molecule has 0 aliphatic heterocycles. The molecule has 0 amide bonds. The Kier molecular flexibility index (Phi) is 5.87. The van der Waals surface area contributed by atoms with Crippen molar-refractivity contribution in [2.45, 2.75) is 59.8 Å². The molecular formula is C20H33N. The van der Waals surface area contributed by atoms with Crippen LogP contribution >= 0.6 is 0 Å². The molecule has 0 radical (unpaired) electrons. The maximum atomic E-state index is 3.70. The van der Waals surface area contributed by atoms with Gasteiger partial charge in [-0.3, -0.25) is 0 Å². The van der Waals surface area contributed by atoms with Gasteiger partial charge >= 0.3 is 0 Å². The molecule has 1 heteroatoms. The second kappa shape index (κ2) is 7.45. The van der Waals surface area contributed by atoms with E-state index in [9.17, 15) is 0 Å². The van der Waals surface area contributed by atoms with Crippen molar-refractivity contribution in [3.63, 3.8) is 0 Å². The summed E-state index contributed by atoms with van der Waals surface area (Å²) in [5.74, 6) is 3.16. The number of hydrogen-bond acceptors (Lipinski definition) is 1. The van der Waals surface area contributed by atoms with Gasteiger partial charge < -0.3 is 5.32 Å². The standard InChI is InChI=1S/C20H33N/c1-14(2)12-21-13-18-10-9-15(3)11-20(18)19-8-6-7-16(4)17(19)5/h6-8,14-15,18,20-21H,9-13H2,1-5H3. The highest BCUT2D eigenvalue weighted by Gasteiger charge is 2.30. The van der Waals surface area contributed by atoms with E-state index in [0.717, 1.165) is 30.2 Å². The summed E-state index contributed by atoms with van der Waals surface area (Å²) in [7, 11) is 0. The van der Waals surface area contributed by atoms with E-state index in [4.69, 9.17) is 0 Å². The maximum Gasteiger partial charge on any atom is -0.00146 e. The lowest BCUT2D eigenvalue weighted by Crippen LogP contribution is -2.33. The van der Waals surface area contributed by atoms with Crippen molar-refractivity contribution < 1.29 is 0 Å². The zero-order valence-electron chi connectivity index (χ0n) is 14.6. The van der Waals surface area contributed by atoms with Gasteiger partial charge in [0.15, 0.2) is 0 Å². The molecule has 3 unspecified atom stereocenters. The Morgan fingerprint density at radius 2 is 1.95 bits per heavy atom. The first-order valence-electron chi connectivity index (χ1n) is 8.75. The Morgan fingerprint density at radius 3 is 2.67 bits per heavy atom. The van der Waals surface area contributed by atoms with Gasteiger partial charge in [-0.05, 0) is 80.1 Å². The molecule has 1 N–H and O–H groups in total. The van der Waals surface area contributed by atoms with Gasteiger partial charge in [0, 0.05) is 0 Å². The molecular weight excluding hydrogens is 254 g/mol. The van der Waals surface area contributed by atoms with Crippen LogP contribution in [0.3, 0.4) is 0 Å². The average Bonchev–Trinajstić information content (AvgIpc) is 2.43. The van der Waals surface area contributed by atoms with Gasteiger partial charge in [-0.2, -0.15) is 0 Å². The number of nitrogens with one attached hydrogen (secondary N) is 1. The van der Waals surface area contributed by atoms with E-state index >= 15 is 0 Å². The highest BCUT2D eigenvalue weighted by atomic mass is 14.9. The molecule has 21 heavy (non-hydrogen) atoms. The zero-order chi connectivity index (χ0) is 15.4. The SMILES string of the molecule is Cc1cccc(C2CC(C)CCC2CNCC(C)C)c1C. The predicted molar refractivity (Wildman–Crippen MR) is 92.9 cm³/mol. The van der Waals surface area contributed by atoms with E-state index < -0.39 is 0 Å². The van der Waals surface area contributed by atoms with Gasteiger partial charge in [-0.15, -0.1) is 0 Å². The summed E-state index contributed by atoms with van der Waals surface area (Å²) in [6, 6.07) is 6.87. The molecule has 0 heterocycles. The molecule has 0 saturated heterocycles. The summed E-state index contributed by atoms with van der Waals surface area (Å²) in [4.78, 5) is 0. The maximum absolute atomic E-state index is 3.70. The van der Waals surface area contributed by atoms with E-state index in [1.165, 1.54) is 36.9 Å². The van der Waals surface area contributed by atoms with Gasteiger partial charge in [-0.25, -0.2) is 0 Å². The van der Waals surface area contributed by atoms with E-state index in [2.05, 4.69) is 58.1 Å². The summed E-state index contributed by atoms with van der Waals surface area (Å²) in [5.41, 5.74) is 4.57. The lowest BCUT2D eigenvalue weighted by molar-refractivity contribution is 0.239. The van der Waals surface area contributed by atoms with Crippen molar-refractivity contribution in [1.29, 1.82) is 0 Å². The van der Waals surface area contributed by atoms with E-state index in [0.29, 0.717) is 0 Å². The van der Waals surface area contributed by atoms with Gasteiger partial charge in [0.25, 0.3) is 0 Å². The van der Waals surface area contributed by atoms with Crippen LogP contribution in [0, 0.1) is 31.6 Å². The van der Waals surface area contributed by atoms with Crippen LogP contribution in [-0.2, 0) is 0 Å². The third-order valence-corrected chi connectivity index (χ3v) is 5.26. The Balaban J connectivity index is 2.13. The van der Waals surface area contributed by atoms with Crippen LogP contribution in [0.4, 0.5) is 0 Å². The molecule has 1 fully saturated rings. The second-order valence-corrected chi connectivity index (χ2v) is 7.63. The Bertz CT molecular complexity index is 449. The largest absolute Gasteiger partial charge is 0.316 e. The lowest BCUT2D eigenvalue weighted by Gasteiger charge is -2.36. The highest BCUT2D eigenvalue weighted by molar-refractivity contribution is 5.36. The Morgan fingerprint density at radius 1 is 1.19 bits per heavy atom. The summed E-state index contributed by atoms with van der Waals surface area (Å²) >= 11 is 0. The minimum Gasteiger partial charge on any atom is -0.316 e. The van der Waals surface area contributed by atoms with E-state index in [1.54, 1.807) is 5.56 Å². The summed E-state index contributed by atoms with van der Waals surface area (Å²) in [6.07, 6.45) is 4.14. The molecule has 1 aromatic rings. The molecule has 0 aromatic heterocycles. The number of rotatable bonds is 5. The van der Waals surface area contributed by atoms with Crippen LogP contribution in [-0.4, -0.2) is 13.1 Å². The van der Waals surface area contributed by atoms with Crippen molar-refractivity contribution >= 4 is 0 Å². The predicted octanol–water partition coefficient (Wildman–Crippen LogP) is 5.07. The molecule has 1 aliphatic carbocycles. The number of benzene rings is 1. The minimum absolute atomic E-state index is 0.742. The molecule has 0 spiro atoms. The van der Waals surface area contributed by atoms with Crippen molar-refractivity contribution in [2.24, 2.45) is 17.8 Å². The molecule has 0 bridgehead atoms. The van der Waals surface area contributed by atoms with Crippen LogP contribution in [0.5, 0.6) is 0 Å². The first-order chi connectivity index (χ1) is 9.99. The summed E-state index contributed by atoms with van der Waals surface area (Å²) in [6.45, 7) is 13.9. The normalized spacial score (nSPS) is 26.3. The van der Waals surface area contributed by atoms with Gasteiger partial charge in [0.05, 0.1) is 0 Å². The molecule has 1 aliphatic rings. The Labute approximate surface area is 131 Å². The number of hydrogen-bond donors (Lipinski definition) is 1. The van der Waals surface area contributed by atoms with Gasteiger partial charge in [0.2, 0.25) is 0 Å². The molecule has 1 saturated carbocycles. The van der Waals surface area contributed by atoms with E-state index in [-0.39, 0.29) is 0 Å². The van der Waals surface area contributed by atoms with Crippen LogP contribution in [0.2, 0.25) is 0 Å². The van der Waals surface area contributed by atoms with Crippen LogP contribution in [0.25, 0.3) is 0 Å². The first-order valence-corrected chi connectivity index (χ1v) is 8.75. The van der Waals surface area contributed by atoms with Crippen LogP contribution in [0.1, 0.15) is 62.6 Å². The molecule has 2 rings (SSSR count). The van der Waals surface area contributed by atoms with Crippen molar-refractivity contribution in [2.75, 3.05) is 13.1 Å². The van der Waals surface area contributed by atoms with Crippen LogP contribution in [0.15, 0.2) is 18.2 Å². The third kappa shape index (κ3) is 4.32. The lowest BCUT2D eigenvalue weighted by atomic mass is 9.70. The van der Waals surface area contributed by atoms with Crippen LogP contribution < -0.4 is 5.32 Å². The fraction of sp³-hybridized carbons (Fsp3) is 0.700. The van der Waals surface area contributed by atoms with E-state index in [1.807, 2.05) is 0 Å². The quantitative estimate of drug-likeness (QED) is 0.797. The smallest absolute Gasteiger partial charge is 0.00146 e. The third-order valence-electron chi connectivity index (χ3n) is 5.26. The fourth-order valence-electron chi connectivity index (χ4n) is 3.80. The average molecular weight is 287 g/mol. The first kappa shape index (κ1) is 16.5. The molecule has 3 atom stereocenters. The van der Waals surface area contributed by atoms with Crippen molar-refractivity contribution in [3.8, 4) is 0 Å². The monoisotopic (exact) mass is 287 g/mol. The topological polar surface area (TPSA) is 12.0 Å². The summed E-state index contributed by atoms with van der Waals surface area (Å²) in [5, 5.41) is 3.70. The van der Waals surface area contributed by atoms with Gasteiger partial charge in [-0.1, -0.05) is 45.4 Å². The molecule has 1 nitrogen and oxygen atoms in total. The zero-order valence-corrected chi connectivity index (χ0v) is 14.6. The van der Waals surface area contributed by atoms with Gasteiger partial charge in [0.1, 0.15) is 0 Å². The minimum atomic E-state index is 0.742. The fourth-order valence-corrected chi connectivity index (χ4v) is 3.80.